The Morgan fingerprint density at radius 1 is 1.07 bits per heavy atom. The van der Waals surface area contributed by atoms with Crippen molar-refractivity contribution >= 4 is 69.5 Å². The molecule has 6 N–H and O–H groups in total. The number of amides is 4. The SMILES string of the molecule is CC[C@H](C)C(C(=O)N[C@]1(C(=O)N[C@H](C(N)=O)C(C)C)CCc2[nH]c3c(Cl)cc(Cl)cc3c2C1)N(Cc1ccc(Cl)cc1)C(=O)O. The van der Waals surface area contributed by atoms with Crippen molar-refractivity contribution in [3.8, 4) is 0 Å². The standard InChI is InChI=1S/C32H38Cl3N5O5/c1-5-17(4)27(40(31(44)45)15-18-6-8-19(33)9-7-18)29(42)39-32(30(43)38-25(16(2)3)28(36)41)11-10-24-22(14-32)21-12-20(34)13-23(35)26(21)37-24/h6-9,12-13,16-17,25,27,37H,5,10-11,14-15H2,1-4H3,(H2,36,41)(H,38,43)(H,39,42)(H,44,45)/t17-,25-,27?,32+/m0/s1. The van der Waals surface area contributed by atoms with Gasteiger partial charge in [0.05, 0.1) is 10.5 Å². The minimum Gasteiger partial charge on any atom is -0.465 e. The van der Waals surface area contributed by atoms with Gasteiger partial charge in [0.25, 0.3) is 0 Å². The number of aromatic nitrogens is 1. The lowest BCUT2D eigenvalue weighted by molar-refractivity contribution is -0.139. The number of H-pyrrole nitrogens is 1. The summed E-state index contributed by atoms with van der Waals surface area (Å²) in [5.41, 5.74) is 6.97. The van der Waals surface area contributed by atoms with Gasteiger partial charge in [-0.25, -0.2) is 4.79 Å². The maximum Gasteiger partial charge on any atom is 0.408 e. The Morgan fingerprint density at radius 2 is 1.73 bits per heavy atom. The number of primary amides is 1. The zero-order chi connectivity index (χ0) is 33.2. The molecular formula is C32H38Cl3N5O5. The molecule has 45 heavy (non-hydrogen) atoms. The molecule has 1 aromatic heterocycles. The second-order valence-electron chi connectivity index (χ2n) is 12.1. The van der Waals surface area contributed by atoms with Gasteiger partial charge < -0.3 is 26.5 Å². The van der Waals surface area contributed by atoms with Crippen LogP contribution >= 0.6 is 34.8 Å². The molecular weight excluding hydrogens is 641 g/mol. The highest BCUT2D eigenvalue weighted by atomic mass is 35.5. The molecule has 1 unspecified atom stereocenters. The number of carboxylic acid groups (broad SMARTS) is 1. The molecule has 2 aromatic carbocycles. The van der Waals surface area contributed by atoms with E-state index in [0.29, 0.717) is 44.4 Å². The minimum atomic E-state index is -1.55. The largest absolute Gasteiger partial charge is 0.465 e. The Hall–Kier alpha value is -3.47. The predicted molar refractivity (Wildman–Crippen MR) is 175 cm³/mol. The van der Waals surface area contributed by atoms with Gasteiger partial charge in [0.15, 0.2) is 0 Å². The summed E-state index contributed by atoms with van der Waals surface area (Å²) in [5, 5.41) is 18.1. The first-order chi connectivity index (χ1) is 21.2. The number of nitrogens with zero attached hydrogens (tertiary/aromatic N) is 1. The lowest BCUT2D eigenvalue weighted by atomic mass is 9.78. The van der Waals surface area contributed by atoms with Gasteiger partial charge in [-0.15, -0.1) is 0 Å². The smallest absolute Gasteiger partial charge is 0.408 e. The average Bonchev–Trinajstić information content (AvgIpc) is 3.33. The van der Waals surface area contributed by atoms with Crippen LogP contribution in [-0.2, 0) is 33.8 Å². The normalized spacial score (nSPS) is 18.1. The van der Waals surface area contributed by atoms with Crippen LogP contribution in [0.2, 0.25) is 15.1 Å². The Kier molecular flexibility index (Phi) is 10.6. The zero-order valence-electron chi connectivity index (χ0n) is 25.5. The quantitative estimate of drug-likeness (QED) is 0.176. The van der Waals surface area contributed by atoms with E-state index in [-0.39, 0.29) is 25.3 Å². The number of carbonyl (C=O) groups excluding carboxylic acids is 3. The Bertz CT molecular complexity index is 1610. The van der Waals surface area contributed by atoms with Gasteiger partial charge in [-0.05, 0) is 60.1 Å². The van der Waals surface area contributed by atoms with Crippen molar-refractivity contribution in [2.24, 2.45) is 17.6 Å². The highest BCUT2D eigenvalue weighted by molar-refractivity contribution is 6.38. The van der Waals surface area contributed by atoms with Crippen molar-refractivity contribution in [2.75, 3.05) is 0 Å². The number of carbonyl (C=O) groups is 4. The zero-order valence-corrected chi connectivity index (χ0v) is 27.8. The fraction of sp³-hybridized carbons (Fsp3) is 0.438. The predicted octanol–water partition coefficient (Wildman–Crippen LogP) is 5.69. The number of rotatable bonds is 11. The van der Waals surface area contributed by atoms with Crippen molar-refractivity contribution < 1.29 is 24.3 Å². The van der Waals surface area contributed by atoms with Gasteiger partial charge in [-0.1, -0.05) is 81.1 Å². The third kappa shape index (κ3) is 7.34. The summed E-state index contributed by atoms with van der Waals surface area (Å²) in [6.45, 7) is 7.09. The van der Waals surface area contributed by atoms with Crippen LogP contribution in [0.1, 0.15) is 57.4 Å². The molecule has 0 radical (unpaired) electrons. The van der Waals surface area contributed by atoms with Crippen LogP contribution in [0.3, 0.4) is 0 Å². The summed E-state index contributed by atoms with van der Waals surface area (Å²) in [4.78, 5) is 57.9. The first-order valence-electron chi connectivity index (χ1n) is 14.8. The third-order valence-electron chi connectivity index (χ3n) is 8.66. The van der Waals surface area contributed by atoms with E-state index < -0.39 is 47.4 Å². The minimum absolute atomic E-state index is 0.0393. The first kappa shape index (κ1) is 34.4. The lowest BCUT2D eigenvalue weighted by Gasteiger charge is -2.41. The van der Waals surface area contributed by atoms with E-state index in [4.69, 9.17) is 40.5 Å². The molecule has 1 aliphatic carbocycles. The van der Waals surface area contributed by atoms with E-state index in [0.717, 1.165) is 16.2 Å². The van der Waals surface area contributed by atoms with Crippen molar-refractivity contribution in [3.05, 3.63) is 68.3 Å². The fourth-order valence-electron chi connectivity index (χ4n) is 5.99. The van der Waals surface area contributed by atoms with Crippen molar-refractivity contribution in [2.45, 2.75) is 77.5 Å². The topological polar surface area (TPSA) is 158 Å². The number of hydrogen-bond acceptors (Lipinski definition) is 4. The second-order valence-corrected chi connectivity index (χ2v) is 13.4. The van der Waals surface area contributed by atoms with Crippen LogP contribution in [0.15, 0.2) is 36.4 Å². The highest BCUT2D eigenvalue weighted by Gasteiger charge is 2.47. The molecule has 0 saturated heterocycles. The number of nitrogens with one attached hydrogen (secondary N) is 3. The first-order valence-corrected chi connectivity index (χ1v) is 16.0. The second kappa shape index (κ2) is 13.9. The average molecular weight is 679 g/mol. The molecule has 1 aliphatic rings. The molecule has 3 aromatic rings. The van der Waals surface area contributed by atoms with Crippen LogP contribution in [-0.4, -0.2) is 56.4 Å². The van der Waals surface area contributed by atoms with Crippen LogP contribution in [0, 0.1) is 11.8 Å². The van der Waals surface area contributed by atoms with Crippen molar-refractivity contribution in [1.82, 2.24) is 20.5 Å². The molecule has 4 atom stereocenters. The number of hydrogen-bond donors (Lipinski definition) is 5. The molecule has 4 rings (SSSR count). The van der Waals surface area contributed by atoms with Gasteiger partial charge in [-0.2, -0.15) is 0 Å². The Labute approximate surface area is 276 Å². The van der Waals surface area contributed by atoms with Crippen LogP contribution in [0.4, 0.5) is 4.79 Å². The fourth-order valence-corrected chi connectivity index (χ4v) is 6.65. The highest BCUT2D eigenvalue weighted by Crippen LogP contribution is 2.38. The van der Waals surface area contributed by atoms with Crippen molar-refractivity contribution in [3.63, 3.8) is 0 Å². The maximum atomic E-state index is 14.3. The van der Waals surface area contributed by atoms with E-state index in [1.807, 2.05) is 6.92 Å². The van der Waals surface area contributed by atoms with E-state index in [1.165, 1.54) is 0 Å². The van der Waals surface area contributed by atoms with E-state index in [1.54, 1.807) is 57.2 Å². The maximum absolute atomic E-state index is 14.3. The molecule has 13 heteroatoms. The number of aryl methyl sites for hydroxylation is 1. The molecule has 1 heterocycles. The number of aromatic amines is 1. The Morgan fingerprint density at radius 3 is 2.31 bits per heavy atom. The summed E-state index contributed by atoms with van der Waals surface area (Å²) in [7, 11) is 0. The van der Waals surface area contributed by atoms with Crippen LogP contribution < -0.4 is 16.4 Å². The summed E-state index contributed by atoms with van der Waals surface area (Å²) < 4.78 is 0. The van der Waals surface area contributed by atoms with Gasteiger partial charge in [0.1, 0.15) is 17.6 Å². The molecule has 0 aliphatic heterocycles. The summed E-state index contributed by atoms with van der Waals surface area (Å²) in [5.74, 6) is -2.66. The van der Waals surface area contributed by atoms with Crippen molar-refractivity contribution in [1.29, 1.82) is 0 Å². The molecule has 0 saturated carbocycles. The molecule has 0 bridgehead atoms. The number of benzene rings is 2. The monoisotopic (exact) mass is 677 g/mol. The summed E-state index contributed by atoms with van der Waals surface area (Å²) in [6.07, 6.45) is -0.239. The third-order valence-corrected chi connectivity index (χ3v) is 9.43. The van der Waals surface area contributed by atoms with E-state index in [9.17, 15) is 24.3 Å². The van der Waals surface area contributed by atoms with E-state index >= 15 is 0 Å². The summed E-state index contributed by atoms with van der Waals surface area (Å²) in [6, 6.07) is 7.93. The molecule has 10 nitrogen and oxygen atoms in total. The van der Waals surface area contributed by atoms with Gasteiger partial charge in [0, 0.05) is 34.1 Å². The van der Waals surface area contributed by atoms with Gasteiger partial charge >= 0.3 is 6.09 Å². The van der Waals surface area contributed by atoms with Gasteiger partial charge in [-0.3, -0.25) is 19.3 Å². The lowest BCUT2D eigenvalue weighted by Crippen LogP contribution is -2.67. The molecule has 0 fully saturated rings. The summed E-state index contributed by atoms with van der Waals surface area (Å²) >= 11 is 18.9. The molecule has 0 spiro atoms. The number of fused-ring (bicyclic) bond motifs is 3. The molecule has 4 amide bonds. The van der Waals surface area contributed by atoms with Crippen LogP contribution in [0.25, 0.3) is 10.9 Å². The van der Waals surface area contributed by atoms with Gasteiger partial charge in [0.2, 0.25) is 17.7 Å². The number of nitrogens with two attached hydrogens (primary N) is 1. The number of halogens is 3. The van der Waals surface area contributed by atoms with E-state index in [2.05, 4.69) is 15.6 Å². The van der Waals surface area contributed by atoms with Crippen LogP contribution in [0.5, 0.6) is 0 Å². The molecule has 242 valence electrons. The Balaban J connectivity index is 1.78.